The molecule has 1 aromatic heterocycles. The lowest BCUT2D eigenvalue weighted by atomic mass is 10.2. The molecule has 1 aromatic carbocycles. The molecular weight excluding hydrogens is 252 g/mol. The monoisotopic (exact) mass is 270 g/mol. The van der Waals surface area contributed by atoms with Gasteiger partial charge in [-0.1, -0.05) is 6.07 Å². The highest BCUT2D eigenvalue weighted by Crippen LogP contribution is 2.36. The van der Waals surface area contributed by atoms with Gasteiger partial charge in [0.15, 0.2) is 0 Å². The van der Waals surface area contributed by atoms with Gasteiger partial charge in [-0.15, -0.1) is 0 Å². The van der Waals surface area contributed by atoms with E-state index in [2.05, 4.69) is 4.57 Å². The van der Waals surface area contributed by atoms with Crippen LogP contribution in [0, 0.1) is 0 Å². The van der Waals surface area contributed by atoms with Crippen LogP contribution in [0.25, 0.3) is 0 Å². The molecule has 3 rings (SSSR count). The first-order valence-corrected chi connectivity index (χ1v) is 6.98. The largest absolute Gasteiger partial charge is 0.508 e. The number of hydrogen-bond acceptors (Lipinski definition) is 2. The third kappa shape index (κ3) is 2.29. The lowest BCUT2D eigenvalue weighted by Crippen LogP contribution is -2.32. The average Bonchev–Trinajstić information content (AvgIpc) is 3.17. The van der Waals surface area contributed by atoms with Crippen molar-refractivity contribution in [2.75, 3.05) is 11.4 Å². The van der Waals surface area contributed by atoms with Crippen LogP contribution in [-0.4, -0.2) is 22.1 Å². The lowest BCUT2D eigenvalue weighted by Gasteiger charge is -2.22. The first-order valence-electron chi connectivity index (χ1n) is 6.98. The highest BCUT2D eigenvalue weighted by molar-refractivity contribution is 6.05. The van der Waals surface area contributed by atoms with E-state index in [4.69, 9.17) is 0 Å². The first-order chi connectivity index (χ1) is 9.70. The van der Waals surface area contributed by atoms with Gasteiger partial charge >= 0.3 is 0 Å². The van der Waals surface area contributed by atoms with Crippen molar-refractivity contribution < 1.29 is 9.90 Å². The number of phenols is 1. The van der Waals surface area contributed by atoms with Crippen LogP contribution in [0.15, 0.2) is 42.6 Å². The van der Waals surface area contributed by atoms with Crippen molar-refractivity contribution in [1.82, 2.24) is 4.57 Å². The summed E-state index contributed by atoms with van der Waals surface area (Å²) in [6, 6.07) is 11.1. The second-order valence-electron chi connectivity index (χ2n) is 5.10. The molecule has 2 aromatic rings. The van der Waals surface area contributed by atoms with E-state index in [1.807, 2.05) is 31.3 Å². The highest BCUT2D eigenvalue weighted by atomic mass is 16.3. The van der Waals surface area contributed by atoms with Crippen molar-refractivity contribution >= 4 is 11.6 Å². The number of aromatic nitrogens is 1. The molecule has 0 saturated heterocycles. The highest BCUT2D eigenvalue weighted by Gasteiger charge is 2.28. The van der Waals surface area contributed by atoms with E-state index >= 15 is 0 Å². The summed E-state index contributed by atoms with van der Waals surface area (Å²) in [4.78, 5) is 14.4. The van der Waals surface area contributed by atoms with E-state index in [-0.39, 0.29) is 11.7 Å². The van der Waals surface area contributed by atoms with Crippen LogP contribution >= 0.6 is 0 Å². The lowest BCUT2D eigenvalue weighted by molar-refractivity contribution is 0.0979. The zero-order valence-corrected chi connectivity index (χ0v) is 11.5. The minimum Gasteiger partial charge on any atom is -0.508 e. The van der Waals surface area contributed by atoms with Gasteiger partial charge in [-0.25, -0.2) is 0 Å². The molecular formula is C16H18N2O2. The molecule has 1 heterocycles. The second kappa shape index (κ2) is 5.04. The van der Waals surface area contributed by atoms with Gasteiger partial charge in [0.05, 0.1) is 0 Å². The van der Waals surface area contributed by atoms with Gasteiger partial charge in [-0.2, -0.15) is 0 Å². The van der Waals surface area contributed by atoms with Crippen molar-refractivity contribution in [3.05, 3.63) is 48.3 Å². The smallest absolute Gasteiger partial charge is 0.274 e. The standard InChI is InChI=1S/C16H18N2O2/c1-2-17(13-5-3-6-14(19)11-13)16(20)15-7-4-10-18(15)12-8-9-12/h3-7,10-12,19H,2,8-9H2,1H3. The number of carbonyl (C=O) groups is 1. The molecule has 0 atom stereocenters. The summed E-state index contributed by atoms with van der Waals surface area (Å²) in [7, 11) is 0. The van der Waals surface area contributed by atoms with Crippen LogP contribution in [0.4, 0.5) is 5.69 Å². The average molecular weight is 270 g/mol. The summed E-state index contributed by atoms with van der Waals surface area (Å²) in [5.74, 6) is 0.154. The van der Waals surface area contributed by atoms with Gasteiger partial charge in [0.2, 0.25) is 0 Å². The molecule has 1 fully saturated rings. The predicted octanol–water partition coefficient (Wildman–Crippen LogP) is 3.20. The Morgan fingerprint density at radius 1 is 1.35 bits per heavy atom. The maximum atomic E-state index is 12.7. The maximum absolute atomic E-state index is 12.7. The summed E-state index contributed by atoms with van der Waals surface area (Å²) in [5, 5.41) is 9.58. The van der Waals surface area contributed by atoms with Crippen LogP contribution in [0.3, 0.4) is 0 Å². The van der Waals surface area contributed by atoms with Crippen molar-refractivity contribution in [3.63, 3.8) is 0 Å². The molecule has 1 aliphatic rings. The van der Waals surface area contributed by atoms with Crippen LogP contribution in [-0.2, 0) is 0 Å². The van der Waals surface area contributed by atoms with Gasteiger partial charge in [-0.3, -0.25) is 4.79 Å². The van der Waals surface area contributed by atoms with E-state index in [1.165, 1.54) is 0 Å². The molecule has 4 nitrogen and oxygen atoms in total. The minimum absolute atomic E-state index is 0.0185. The zero-order valence-electron chi connectivity index (χ0n) is 11.5. The van der Waals surface area contributed by atoms with Gasteiger partial charge in [0, 0.05) is 30.5 Å². The van der Waals surface area contributed by atoms with Crippen LogP contribution in [0.5, 0.6) is 5.75 Å². The topological polar surface area (TPSA) is 45.5 Å². The summed E-state index contributed by atoms with van der Waals surface area (Å²) in [6.45, 7) is 2.50. The SMILES string of the molecule is CCN(C(=O)c1cccn1C1CC1)c1cccc(O)c1. The maximum Gasteiger partial charge on any atom is 0.274 e. The van der Waals surface area contributed by atoms with Crippen LogP contribution in [0.2, 0.25) is 0 Å². The molecule has 0 bridgehead atoms. The first kappa shape index (κ1) is 12.8. The van der Waals surface area contributed by atoms with Crippen molar-refractivity contribution in [2.45, 2.75) is 25.8 Å². The Morgan fingerprint density at radius 3 is 2.80 bits per heavy atom. The van der Waals surface area contributed by atoms with Crippen molar-refractivity contribution in [3.8, 4) is 5.75 Å². The Labute approximate surface area is 118 Å². The third-order valence-corrected chi connectivity index (χ3v) is 3.64. The van der Waals surface area contributed by atoms with E-state index < -0.39 is 0 Å². The molecule has 0 spiro atoms. The molecule has 1 amide bonds. The van der Waals surface area contributed by atoms with Gasteiger partial charge in [-0.05, 0) is 44.0 Å². The number of hydrogen-bond donors (Lipinski definition) is 1. The molecule has 104 valence electrons. The summed E-state index contributed by atoms with van der Waals surface area (Å²) >= 11 is 0. The Kier molecular flexibility index (Phi) is 3.22. The quantitative estimate of drug-likeness (QED) is 0.927. The number of anilines is 1. The normalized spacial score (nSPS) is 14.2. The van der Waals surface area contributed by atoms with E-state index in [9.17, 15) is 9.90 Å². The number of phenolic OH excluding ortho intramolecular Hbond substituents is 1. The van der Waals surface area contributed by atoms with Crippen molar-refractivity contribution in [2.24, 2.45) is 0 Å². The van der Waals surface area contributed by atoms with Gasteiger partial charge in [0.1, 0.15) is 11.4 Å². The van der Waals surface area contributed by atoms with Gasteiger partial charge < -0.3 is 14.6 Å². The van der Waals surface area contributed by atoms with Gasteiger partial charge in [0.25, 0.3) is 5.91 Å². The Hall–Kier alpha value is -2.23. The fourth-order valence-corrected chi connectivity index (χ4v) is 2.49. The molecule has 20 heavy (non-hydrogen) atoms. The predicted molar refractivity (Wildman–Crippen MR) is 78.2 cm³/mol. The molecule has 1 N–H and O–H groups in total. The van der Waals surface area contributed by atoms with Crippen LogP contribution in [0.1, 0.15) is 36.3 Å². The molecule has 1 saturated carbocycles. The van der Waals surface area contributed by atoms with Crippen LogP contribution < -0.4 is 4.90 Å². The fourth-order valence-electron chi connectivity index (χ4n) is 2.49. The fraction of sp³-hybridized carbons (Fsp3) is 0.312. The molecule has 1 aliphatic carbocycles. The number of amides is 1. The van der Waals surface area contributed by atoms with E-state index in [0.29, 0.717) is 12.6 Å². The van der Waals surface area contributed by atoms with Crippen molar-refractivity contribution in [1.29, 1.82) is 0 Å². The third-order valence-electron chi connectivity index (χ3n) is 3.64. The molecule has 4 heteroatoms. The molecule has 0 radical (unpaired) electrons. The summed E-state index contributed by atoms with van der Waals surface area (Å²) < 4.78 is 2.06. The Morgan fingerprint density at radius 2 is 2.15 bits per heavy atom. The number of carbonyl (C=O) groups excluding carboxylic acids is 1. The summed E-state index contributed by atoms with van der Waals surface area (Å²) in [6.07, 6.45) is 4.27. The number of aromatic hydroxyl groups is 1. The summed E-state index contributed by atoms with van der Waals surface area (Å²) in [5.41, 5.74) is 1.44. The zero-order chi connectivity index (χ0) is 14.1. The Bertz CT molecular complexity index is 629. The van der Waals surface area contributed by atoms with E-state index in [1.54, 1.807) is 23.1 Å². The number of nitrogens with zero attached hydrogens (tertiary/aromatic N) is 2. The molecule has 0 aliphatic heterocycles. The van der Waals surface area contributed by atoms with E-state index in [0.717, 1.165) is 24.2 Å². The molecule has 0 unspecified atom stereocenters. The number of rotatable bonds is 4. The Balaban J connectivity index is 1.92. The second-order valence-corrected chi connectivity index (χ2v) is 5.10. The minimum atomic E-state index is -0.0185. The number of benzene rings is 1.